The topological polar surface area (TPSA) is 57.7 Å². The van der Waals surface area contributed by atoms with E-state index in [-0.39, 0.29) is 29.9 Å². The van der Waals surface area contributed by atoms with Crippen molar-refractivity contribution in [3.63, 3.8) is 0 Å². The average molecular weight is 592 g/mol. The van der Waals surface area contributed by atoms with Crippen molar-refractivity contribution in [1.29, 1.82) is 0 Å². The molecule has 0 aliphatic carbocycles. The molecular weight excluding hydrogens is 568 g/mol. The third-order valence-corrected chi connectivity index (χ3v) is 8.60. The molecule has 0 aromatic heterocycles. The number of fused-ring (bicyclic) bond motifs is 1. The molecule has 1 atom stereocenters. The highest BCUT2D eigenvalue weighted by Gasteiger charge is 2.34. The standard InChI is InChI=1S/C25H24Br2N2O3S/c1-17-3-5-19(6-4-17)15-28(33(31,32)23-10-7-21(26)8-11-23)16-25(30)29-18(2)13-20-14-22(27)9-12-24(20)29/h3-12,14,18H,13,15-16H2,1-2H3/t18-/m1/s1. The molecule has 8 heteroatoms. The maximum absolute atomic E-state index is 13.6. The maximum atomic E-state index is 13.6. The van der Waals surface area contributed by atoms with Gasteiger partial charge in [-0.05, 0) is 73.9 Å². The molecule has 0 saturated heterocycles. The van der Waals surface area contributed by atoms with Crippen LogP contribution in [0.25, 0.3) is 0 Å². The molecular formula is C25H24Br2N2O3S. The Kier molecular flexibility index (Phi) is 7.09. The number of hydrogen-bond acceptors (Lipinski definition) is 3. The molecule has 0 unspecified atom stereocenters. The normalized spacial score (nSPS) is 15.7. The fourth-order valence-electron chi connectivity index (χ4n) is 4.09. The van der Waals surface area contributed by atoms with E-state index >= 15 is 0 Å². The second kappa shape index (κ2) is 9.70. The molecule has 0 fully saturated rings. The van der Waals surface area contributed by atoms with Crippen LogP contribution in [0.3, 0.4) is 0 Å². The Balaban J connectivity index is 1.67. The number of rotatable bonds is 6. The van der Waals surface area contributed by atoms with Crippen LogP contribution in [0.1, 0.15) is 23.6 Å². The number of hydrogen-bond donors (Lipinski definition) is 0. The van der Waals surface area contributed by atoms with Crippen LogP contribution in [0, 0.1) is 6.92 Å². The molecule has 3 aromatic carbocycles. The predicted molar refractivity (Wildman–Crippen MR) is 138 cm³/mol. The molecule has 172 valence electrons. The van der Waals surface area contributed by atoms with Gasteiger partial charge in [-0.1, -0.05) is 61.7 Å². The third kappa shape index (κ3) is 5.24. The van der Waals surface area contributed by atoms with Gasteiger partial charge in [-0.15, -0.1) is 0 Å². The van der Waals surface area contributed by atoms with Gasteiger partial charge >= 0.3 is 0 Å². The molecule has 0 spiro atoms. The fraction of sp³-hybridized carbons (Fsp3) is 0.240. The zero-order chi connectivity index (χ0) is 23.8. The summed E-state index contributed by atoms with van der Waals surface area (Å²) in [7, 11) is -3.89. The first-order valence-electron chi connectivity index (χ1n) is 10.6. The second-order valence-electron chi connectivity index (χ2n) is 8.30. The average Bonchev–Trinajstić information content (AvgIpc) is 3.09. The van der Waals surface area contributed by atoms with Crippen LogP contribution in [-0.2, 0) is 27.8 Å². The SMILES string of the molecule is Cc1ccc(CN(CC(=O)N2c3ccc(Br)cc3C[C@H]2C)S(=O)(=O)c2ccc(Br)cc2)cc1. The quantitative estimate of drug-likeness (QED) is 0.370. The lowest BCUT2D eigenvalue weighted by atomic mass is 10.1. The highest BCUT2D eigenvalue weighted by molar-refractivity contribution is 9.10. The number of sulfonamides is 1. The fourth-order valence-corrected chi connectivity index (χ4v) is 6.14. The molecule has 0 saturated carbocycles. The Morgan fingerprint density at radius 3 is 2.30 bits per heavy atom. The zero-order valence-electron chi connectivity index (χ0n) is 18.3. The van der Waals surface area contributed by atoms with E-state index in [0.717, 1.165) is 37.7 Å². The number of aryl methyl sites for hydroxylation is 1. The molecule has 3 aromatic rings. The van der Waals surface area contributed by atoms with E-state index in [1.165, 1.54) is 4.31 Å². The van der Waals surface area contributed by atoms with E-state index in [1.807, 2.05) is 56.3 Å². The molecule has 0 bridgehead atoms. The Bertz CT molecular complexity index is 1280. The number of anilines is 1. The van der Waals surface area contributed by atoms with Crippen LogP contribution in [0.4, 0.5) is 5.69 Å². The van der Waals surface area contributed by atoms with Crippen molar-refractivity contribution in [2.75, 3.05) is 11.4 Å². The van der Waals surface area contributed by atoms with Crippen LogP contribution < -0.4 is 4.90 Å². The van der Waals surface area contributed by atoms with Gasteiger partial charge in [0.05, 0.1) is 11.4 Å². The minimum atomic E-state index is -3.89. The van der Waals surface area contributed by atoms with Gasteiger partial charge in [0.2, 0.25) is 15.9 Å². The van der Waals surface area contributed by atoms with Crippen molar-refractivity contribution in [2.24, 2.45) is 0 Å². The first-order chi connectivity index (χ1) is 15.6. The van der Waals surface area contributed by atoms with Crippen molar-refractivity contribution in [3.05, 3.63) is 92.4 Å². The van der Waals surface area contributed by atoms with E-state index in [1.54, 1.807) is 29.2 Å². The van der Waals surface area contributed by atoms with Gasteiger partial charge < -0.3 is 4.90 Å². The Morgan fingerprint density at radius 1 is 1.00 bits per heavy atom. The molecule has 33 heavy (non-hydrogen) atoms. The van der Waals surface area contributed by atoms with Gasteiger partial charge in [-0.25, -0.2) is 8.42 Å². The first-order valence-corrected chi connectivity index (χ1v) is 13.6. The van der Waals surface area contributed by atoms with E-state index in [4.69, 9.17) is 0 Å². The summed E-state index contributed by atoms with van der Waals surface area (Å²) in [6, 6.07) is 20.0. The summed E-state index contributed by atoms with van der Waals surface area (Å²) in [4.78, 5) is 15.4. The first kappa shape index (κ1) is 24.1. The molecule has 1 amide bonds. The second-order valence-corrected chi connectivity index (χ2v) is 12.1. The van der Waals surface area contributed by atoms with Crippen LogP contribution >= 0.6 is 31.9 Å². The number of halogens is 2. The minimum absolute atomic E-state index is 0.0431. The summed E-state index contributed by atoms with van der Waals surface area (Å²) in [5, 5.41) is 0. The highest BCUT2D eigenvalue weighted by atomic mass is 79.9. The number of nitrogens with zero attached hydrogens (tertiary/aromatic N) is 2. The minimum Gasteiger partial charge on any atom is -0.308 e. The molecule has 5 nitrogen and oxygen atoms in total. The van der Waals surface area contributed by atoms with E-state index in [9.17, 15) is 13.2 Å². The lowest BCUT2D eigenvalue weighted by Crippen LogP contribution is -2.44. The predicted octanol–water partition coefficient (Wildman–Crippen LogP) is 5.69. The Hall–Kier alpha value is -2.00. The summed E-state index contributed by atoms with van der Waals surface area (Å²) in [6.45, 7) is 3.83. The largest absolute Gasteiger partial charge is 0.308 e. The lowest BCUT2D eigenvalue weighted by molar-refractivity contribution is -0.119. The van der Waals surface area contributed by atoms with Crippen LogP contribution in [0.15, 0.2) is 80.6 Å². The monoisotopic (exact) mass is 590 g/mol. The number of amides is 1. The molecule has 1 aliphatic rings. The lowest BCUT2D eigenvalue weighted by Gasteiger charge is -2.27. The smallest absolute Gasteiger partial charge is 0.243 e. The summed E-state index contributed by atoms with van der Waals surface area (Å²) >= 11 is 6.84. The summed E-state index contributed by atoms with van der Waals surface area (Å²) in [5.41, 5.74) is 3.83. The molecule has 1 aliphatic heterocycles. The summed E-state index contributed by atoms with van der Waals surface area (Å²) < 4.78 is 30.2. The van der Waals surface area contributed by atoms with Crippen molar-refractivity contribution in [2.45, 2.75) is 37.8 Å². The van der Waals surface area contributed by atoms with Gasteiger partial charge in [-0.2, -0.15) is 4.31 Å². The van der Waals surface area contributed by atoms with Gasteiger partial charge in [0.1, 0.15) is 0 Å². The van der Waals surface area contributed by atoms with Gasteiger partial charge in [0.25, 0.3) is 0 Å². The van der Waals surface area contributed by atoms with Crippen molar-refractivity contribution < 1.29 is 13.2 Å². The Labute approximate surface area is 211 Å². The number of carbonyl (C=O) groups excluding carboxylic acids is 1. The molecule has 0 N–H and O–H groups in total. The van der Waals surface area contributed by atoms with Crippen LogP contribution in [-0.4, -0.2) is 31.2 Å². The highest BCUT2D eigenvalue weighted by Crippen LogP contribution is 2.34. The zero-order valence-corrected chi connectivity index (χ0v) is 22.3. The number of carbonyl (C=O) groups is 1. The molecule has 1 heterocycles. The van der Waals surface area contributed by atoms with E-state index < -0.39 is 10.0 Å². The summed E-state index contributed by atoms with van der Waals surface area (Å²) in [6.07, 6.45) is 0.734. The van der Waals surface area contributed by atoms with Crippen LogP contribution in [0.5, 0.6) is 0 Å². The van der Waals surface area contributed by atoms with Crippen LogP contribution in [0.2, 0.25) is 0 Å². The van der Waals surface area contributed by atoms with Gasteiger partial charge in [0, 0.05) is 27.2 Å². The molecule has 0 radical (unpaired) electrons. The third-order valence-electron chi connectivity index (χ3n) is 5.77. The van der Waals surface area contributed by atoms with Gasteiger partial charge in [0.15, 0.2) is 0 Å². The van der Waals surface area contributed by atoms with E-state index in [2.05, 4.69) is 31.9 Å². The van der Waals surface area contributed by atoms with Crippen molar-refractivity contribution in [3.8, 4) is 0 Å². The summed E-state index contributed by atoms with van der Waals surface area (Å²) in [5.74, 6) is -0.239. The number of benzene rings is 3. The maximum Gasteiger partial charge on any atom is 0.243 e. The Morgan fingerprint density at radius 2 is 1.64 bits per heavy atom. The van der Waals surface area contributed by atoms with Crippen molar-refractivity contribution >= 4 is 53.5 Å². The molecule has 4 rings (SSSR count). The van der Waals surface area contributed by atoms with Gasteiger partial charge in [-0.3, -0.25) is 4.79 Å². The van der Waals surface area contributed by atoms with E-state index in [0.29, 0.717) is 0 Å². The van der Waals surface area contributed by atoms with Crippen molar-refractivity contribution in [1.82, 2.24) is 4.31 Å².